The molecule has 0 spiro atoms. The zero-order valence-corrected chi connectivity index (χ0v) is 81.7. The Morgan fingerprint density at radius 2 is 0.593 bits per heavy atom. The van der Waals surface area contributed by atoms with Crippen LogP contribution in [0.25, 0.3) is 33.4 Å². The number of fused-ring (bicyclic) bond motifs is 9. The summed E-state index contributed by atoms with van der Waals surface area (Å²) in [5, 5.41) is 12.2. The molecular weight excluding hydrogens is 1790 g/mol. The van der Waals surface area contributed by atoms with Crippen LogP contribution in [0.4, 0.5) is 4.79 Å². The van der Waals surface area contributed by atoms with Crippen molar-refractivity contribution in [3.63, 3.8) is 0 Å². The van der Waals surface area contributed by atoms with E-state index in [4.69, 9.17) is 52.0 Å². The van der Waals surface area contributed by atoms with Crippen molar-refractivity contribution in [2.24, 2.45) is 10.8 Å². The number of esters is 4. The molecule has 722 valence electrons. The summed E-state index contributed by atoms with van der Waals surface area (Å²) in [6, 6.07) is 100. The van der Waals surface area contributed by atoms with Gasteiger partial charge in [0, 0.05) is 99.7 Å². The van der Waals surface area contributed by atoms with Crippen molar-refractivity contribution in [3.05, 3.63) is 391 Å². The van der Waals surface area contributed by atoms with E-state index in [0.29, 0.717) is 66.3 Å². The topological polar surface area (TPSA) is 232 Å². The average Bonchev–Trinajstić information content (AvgIpc) is 1.27. The van der Waals surface area contributed by atoms with E-state index in [1.807, 2.05) is 244 Å². The molecule has 12 aromatic carbocycles. The zero-order valence-electron chi connectivity index (χ0n) is 80.1. The van der Waals surface area contributed by atoms with E-state index in [-0.39, 0.29) is 98.5 Å². The number of amides is 1. The van der Waals surface area contributed by atoms with Crippen LogP contribution in [0, 0.1) is 24.7 Å². The molecule has 2 N–H and O–H groups in total. The second kappa shape index (κ2) is 48.6. The number of carbonyl (C=O) groups excluding carboxylic acids is 8. The summed E-state index contributed by atoms with van der Waals surface area (Å²) >= 11 is 13.8. The maximum absolute atomic E-state index is 14.3. The summed E-state index contributed by atoms with van der Waals surface area (Å²) in [6.07, 6.45) is 17.8. The molecule has 0 bridgehead atoms. The Kier molecular flexibility index (Phi) is 35.2. The van der Waals surface area contributed by atoms with Crippen LogP contribution >= 0.6 is 23.2 Å². The number of Topliss-reactive ketones (excluding diaryl/α,β-unsaturated/α-hetero) is 3. The highest BCUT2D eigenvalue weighted by Gasteiger charge is 2.48. The Morgan fingerprint density at radius 1 is 0.307 bits per heavy atom. The lowest BCUT2D eigenvalue weighted by atomic mass is 9.76. The Morgan fingerprint density at radius 3 is 0.936 bits per heavy atom. The minimum Gasteiger partial charge on any atom is -0.481 e. The van der Waals surface area contributed by atoms with Crippen LogP contribution in [-0.2, 0) is 73.2 Å². The van der Waals surface area contributed by atoms with Gasteiger partial charge in [-0.25, -0.2) is 4.79 Å². The number of hydrogen-bond donors (Lipinski definition) is 2. The highest BCUT2D eigenvalue weighted by Crippen LogP contribution is 2.53. The standard InChI is InChI=1S/C53H56ClNO6.C51H53ClO5.C18H16O4/c1-38-28-30-40(31-29-38)53(39-18-6-5-7-19-39,48-26-14-15-27-49(48)54)61-50(58)35-52(32-16-17-33-52)34-41(56)20-8-3-2-4-9-21-42(57)36-55-51(59)60-37-47-45-24-12-10-22-43(45)44-23-11-13-25-46(44)47;1-37-28-30-39(31-29-37)51(38-18-6-5-7-19-38,46-25-14-15-26-47(46)52)57-49(55)35-50(32-16-17-33-50)34-40(53)20-8-3-2-4-9-27-48(54)56-36-45-43-23-12-10-21-41(43)42-22-11-13-24-44(42)45;19-17(20)9-10-18(21)22-11-16-14-7-3-1-5-12(14)13-6-2-4-8-15(13)16/h5-7,10-15,18-19,22-31,47H,2-4,8-9,16-17,20-21,32-37H2,1H3,(H,55,59);5-7,10-15,18-19,21-26,28-31,45H,2-4,8-9,16-17,20,27,32-36H2,1H3;1-8,16H,9-11H2,(H,19,20). The monoisotopic (exact) mass is 1910 g/mol. The van der Waals surface area contributed by atoms with E-state index in [1.54, 1.807) is 0 Å². The number of benzene rings is 12. The minimum absolute atomic E-state index is 0.0150. The predicted octanol–water partition coefficient (Wildman–Crippen LogP) is 27.9. The minimum atomic E-state index is -1.28. The third kappa shape index (κ3) is 25.2. The van der Waals surface area contributed by atoms with Crippen LogP contribution in [0.2, 0.25) is 10.0 Å². The lowest BCUT2D eigenvalue weighted by molar-refractivity contribution is -0.158. The Bertz CT molecular complexity index is 6160. The molecule has 5 aliphatic carbocycles. The summed E-state index contributed by atoms with van der Waals surface area (Å²) in [7, 11) is 0. The molecule has 0 radical (unpaired) electrons. The SMILES string of the molecule is Cc1ccc(C(OC(=O)CC2(CC(=O)CCCCCCCC(=O)CNC(=O)OCC3c4ccccc4-c4ccccc43)CCCC2)(c2ccccc2)c2ccccc2Cl)cc1.Cc1ccc(C(OC(=O)CC2(CC(=O)CCCCCCCC(=O)OCC3c4ccccc4-c4ccccc43)CCCC2)(c2ccccc2)c2ccccc2Cl)cc1.O=C(O)CCC(=O)OCC1c2ccccc2-c2ccccc21. The van der Waals surface area contributed by atoms with Crippen LogP contribution in [-0.4, -0.2) is 84.8 Å². The summed E-state index contributed by atoms with van der Waals surface area (Å²) < 4.78 is 30.1. The molecule has 12 aromatic rings. The number of alkyl carbamates (subject to hydrolysis) is 1. The van der Waals surface area contributed by atoms with Crippen molar-refractivity contribution in [3.8, 4) is 33.4 Å². The number of unbranched alkanes of at least 4 members (excludes halogenated alkanes) is 8. The Labute approximate surface area is 832 Å². The number of hydrogen-bond acceptors (Lipinski definition) is 14. The fourth-order valence-corrected chi connectivity index (χ4v) is 22.2. The van der Waals surface area contributed by atoms with Gasteiger partial charge in [0.1, 0.15) is 31.4 Å². The lowest BCUT2D eigenvalue weighted by Crippen LogP contribution is -2.37. The first kappa shape index (κ1) is 101. The summed E-state index contributed by atoms with van der Waals surface area (Å²) in [5.41, 5.74) is 17.6. The van der Waals surface area contributed by atoms with Gasteiger partial charge in [-0.1, -0.05) is 390 Å². The van der Waals surface area contributed by atoms with Crippen LogP contribution in [0.3, 0.4) is 0 Å². The van der Waals surface area contributed by atoms with E-state index < -0.39 is 40.1 Å². The molecule has 0 aliphatic heterocycles. The Balaban J connectivity index is 0.000000174. The molecule has 140 heavy (non-hydrogen) atoms. The molecule has 18 heteroatoms. The number of rotatable bonds is 43. The quantitative estimate of drug-likeness (QED) is 0.0157. The first-order valence-electron chi connectivity index (χ1n) is 49.8. The average molecular weight is 1920 g/mol. The normalized spacial score (nSPS) is 14.7. The maximum Gasteiger partial charge on any atom is 0.407 e. The van der Waals surface area contributed by atoms with Gasteiger partial charge in [0.15, 0.2) is 17.0 Å². The summed E-state index contributed by atoms with van der Waals surface area (Å²) in [4.78, 5) is 115. The zero-order chi connectivity index (χ0) is 97.9. The molecule has 1 amide bonds. The first-order chi connectivity index (χ1) is 68.1. The van der Waals surface area contributed by atoms with Gasteiger partial charge in [0.2, 0.25) is 0 Å². The van der Waals surface area contributed by atoms with Crippen molar-refractivity contribution in [1.82, 2.24) is 5.32 Å². The van der Waals surface area contributed by atoms with Crippen molar-refractivity contribution in [2.75, 3.05) is 26.4 Å². The number of halogens is 2. The number of ether oxygens (including phenoxy) is 5. The molecule has 0 heterocycles. The largest absolute Gasteiger partial charge is 0.481 e. The molecule has 2 unspecified atom stereocenters. The van der Waals surface area contributed by atoms with Gasteiger partial charge < -0.3 is 34.1 Å². The number of aryl methyl sites for hydroxylation is 2. The highest BCUT2D eigenvalue weighted by molar-refractivity contribution is 6.32. The number of ketones is 3. The van der Waals surface area contributed by atoms with Crippen LogP contribution < -0.4 is 5.32 Å². The molecule has 0 saturated heterocycles. The van der Waals surface area contributed by atoms with E-state index in [2.05, 4.69) is 78.1 Å². The molecule has 5 aliphatic rings. The van der Waals surface area contributed by atoms with Gasteiger partial charge in [-0.2, -0.15) is 0 Å². The van der Waals surface area contributed by atoms with Crippen LogP contribution in [0.1, 0.15) is 275 Å². The molecule has 2 atom stereocenters. The molecule has 16 nitrogen and oxygen atoms in total. The number of carboxylic acids is 1. The molecular formula is C122H125Cl2NO15. The molecule has 2 fully saturated rings. The van der Waals surface area contributed by atoms with Crippen molar-refractivity contribution < 1.29 is 71.9 Å². The fraction of sp³-hybridized carbons (Fsp3) is 0.336. The van der Waals surface area contributed by atoms with Crippen molar-refractivity contribution >= 4 is 76.5 Å². The first-order valence-corrected chi connectivity index (χ1v) is 50.6. The third-order valence-electron chi connectivity index (χ3n) is 28.6. The summed E-state index contributed by atoms with van der Waals surface area (Å²) in [6.45, 7) is 4.81. The van der Waals surface area contributed by atoms with E-state index in [0.717, 1.165) is 182 Å². The van der Waals surface area contributed by atoms with E-state index in [9.17, 15) is 43.2 Å². The van der Waals surface area contributed by atoms with Gasteiger partial charge in [-0.3, -0.25) is 38.4 Å². The molecule has 2 saturated carbocycles. The molecule has 17 rings (SSSR count). The second-order valence-corrected chi connectivity index (χ2v) is 39.2. The van der Waals surface area contributed by atoms with Crippen LogP contribution in [0.15, 0.2) is 303 Å². The third-order valence-corrected chi connectivity index (χ3v) is 29.3. The smallest absolute Gasteiger partial charge is 0.407 e. The van der Waals surface area contributed by atoms with Crippen LogP contribution in [0.5, 0.6) is 0 Å². The highest BCUT2D eigenvalue weighted by atomic mass is 35.5. The van der Waals surface area contributed by atoms with Gasteiger partial charge in [0.05, 0.1) is 32.2 Å². The summed E-state index contributed by atoms with van der Waals surface area (Å²) in [5.74, 6) is -1.87. The Hall–Kier alpha value is -13.2. The van der Waals surface area contributed by atoms with Gasteiger partial charge >= 0.3 is 35.9 Å². The van der Waals surface area contributed by atoms with E-state index >= 15 is 0 Å². The van der Waals surface area contributed by atoms with E-state index in [1.165, 1.54) is 33.4 Å². The maximum atomic E-state index is 14.3. The number of nitrogens with one attached hydrogen (secondary N) is 1. The fourth-order valence-electron chi connectivity index (χ4n) is 21.6. The van der Waals surface area contributed by atoms with Crippen molar-refractivity contribution in [2.45, 2.75) is 223 Å². The van der Waals surface area contributed by atoms with Gasteiger partial charge in [0.25, 0.3) is 0 Å². The van der Waals surface area contributed by atoms with Gasteiger partial charge in [-0.05, 0) is 155 Å². The lowest BCUT2D eigenvalue weighted by Gasteiger charge is -2.37. The number of carboxylic acid groups (broad SMARTS) is 1. The van der Waals surface area contributed by atoms with Crippen molar-refractivity contribution in [1.29, 1.82) is 0 Å². The van der Waals surface area contributed by atoms with Gasteiger partial charge in [-0.15, -0.1) is 0 Å². The second-order valence-electron chi connectivity index (χ2n) is 38.4. The predicted molar refractivity (Wildman–Crippen MR) is 549 cm³/mol. The number of carbonyl (C=O) groups is 9. The number of aliphatic carboxylic acids is 1. The molecule has 0 aromatic heterocycles.